The summed E-state index contributed by atoms with van der Waals surface area (Å²) in [5.41, 5.74) is 0.00621. The second-order valence-electron chi connectivity index (χ2n) is 5.81. The predicted octanol–water partition coefficient (Wildman–Crippen LogP) is 3.11. The fraction of sp³-hybridized carbons (Fsp3) is 0.733. The number of urea groups is 1. The summed E-state index contributed by atoms with van der Waals surface area (Å²) in [6.07, 6.45) is 6.63. The van der Waals surface area contributed by atoms with Crippen molar-refractivity contribution in [1.29, 1.82) is 0 Å². The highest BCUT2D eigenvalue weighted by atomic mass is 32.1. The van der Waals surface area contributed by atoms with E-state index in [0.717, 1.165) is 32.1 Å². The lowest BCUT2D eigenvalue weighted by molar-refractivity contribution is 0.0542. The Morgan fingerprint density at radius 3 is 2.76 bits per heavy atom. The minimum absolute atomic E-state index is 0.00621. The number of aromatic nitrogens is 1. The van der Waals surface area contributed by atoms with E-state index in [2.05, 4.69) is 24.1 Å². The molecule has 1 fully saturated rings. The van der Waals surface area contributed by atoms with E-state index in [0.29, 0.717) is 18.2 Å². The molecule has 0 spiro atoms. The van der Waals surface area contributed by atoms with Crippen LogP contribution in [0.3, 0.4) is 0 Å². The van der Waals surface area contributed by atoms with E-state index in [1.54, 1.807) is 11.3 Å². The lowest BCUT2D eigenvalue weighted by atomic mass is 9.77. The number of aryl methyl sites for hydroxylation is 1. The second kappa shape index (κ2) is 7.22. The number of carbonyl (C=O) groups is 1. The van der Waals surface area contributed by atoms with Gasteiger partial charge in [-0.3, -0.25) is 5.32 Å². The maximum Gasteiger partial charge on any atom is 0.323 e. The van der Waals surface area contributed by atoms with Gasteiger partial charge in [-0.1, -0.05) is 20.3 Å². The number of anilines is 1. The predicted molar refractivity (Wildman–Crippen MR) is 85.7 cm³/mol. The minimum Gasteiger partial charge on any atom is -0.396 e. The average Bonchev–Trinajstić information content (AvgIpc) is 2.95. The Morgan fingerprint density at radius 2 is 2.19 bits per heavy atom. The number of thiazole rings is 1. The number of aliphatic hydroxyl groups is 1. The molecule has 0 aliphatic carbocycles. The molecule has 0 radical (unpaired) electrons. The molecule has 2 N–H and O–H groups in total. The molecule has 1 aliphatic rings. The summed E-state index contributed by atoms with van der Waals surface area (Å²) < 4.78 is 0. The first-order valence-electron chi connectivity index (χ1n) is 7.74. The third kappa shape index (κ3) is 3.95. The molecule has 5 nitrogen and oxygen atoms in total. The molecular weight excluding hydrogens is 286 g/mol. The quantitative estimate of drug-likeness (QED) is 0.878. The molecule has 1 aromatic rings. The van der Waals surface area contributed by atoms with Gasteiger partial charge in [0.05, 0.1) is 0 Å². The summed E-state index contributed by atoms with van der Waals surface area (Å²) in [5, 5.41) is 13.1. The summed E-state index contributed by atoms with van der Waals surface area (Å²) in [5.74, 6) is 0. The highest BCUT2D eigenvalue weighted by Gasteiger charge is 2.34. The van der Waals surface area contributed by atoms with Gasteiger partial charge in [0, 0.05) is 30.8 Å². The number of rotatable bonds is 5. The number of hydrogen-bond acceptors (Lipinski definition) is 4. The summed E-state index contributed by atoms with van der Waals surface area (Å²) >= 11 is 1.55. The lowest BCUT2D eigenvalue weighted by Gasteiger charge is -2.40. The van der Waals surface area contributed by atoms with E-state index in [4.69, 9.17) is 0 Å². The van der Waals surface area contributed by atoms with Crippen LogP contribution in [0.4, 0.5) is 9.93 Å². The third-order valence-electron chi connectivity index (χ3n) is 4.46. The van der Waals surface area contributed by atoms with Crippen molar-refractivity contribution in [2.45, 2.75) is 46.0 Å². The van der Waals surface area contributed by atoms with Crippen molar-refractivity contribution < 1.29 is 9.90 Å². The van der Waals surface area contributed by atoms with Gasteiger partial charge in [0.1, 0.15) is 0 Å². The van der Waals surface area contributed by atoms with Crippen molar-refractivity contribution in [3.05, 3.63) is 11.1 Å². The zero-order chi connectivity index (χ0) is 15.3. The van der Waals surface area contributed by atoms with Crippen LogP contribution < -0.4 is 5.32 Å². The van der Waals surface area contributed by atoms with Crippen LogP contribution in [0, 0.1) is 5.41 Å². The zero-order valence-electron chi connectivity index (χ0n) is 12.9. The first kappa shape index (κ1) is 16.2. The van der Waals surface area contributed by atoms with Gasteiger partial charge in [-0.25, -0.2) is 9.78 Å². The fourth-order valence-electron chi connectivity index (χ4n) is 2.71. The van der Waals surface area contributed by atoms with E-state index in [9.17, 15) is 9.90 Å². The number of carbonyl (C=O) groups excluding carboxylic acids is 1. The van der Waals surface area contributed by atoms with Crippen LogP contribution in [-0.2, 0) is 6.42 Å². The minimum atomic E-state index is -0.0740. The number of nitrogens with zero attached hydrogens (tertiary/aromatic N) is 2. The molecule has 0 atom stereocenters. The monoisotopic (exact) mass is 311 g/mol. The number of aliphatic hydroxyl groups excluding tert-OH is 1. The van der Waals surface area contributed by atoms with Crippen LogP contribution in [0.1, 0.15) is 44.4 Å². The van der Waals surface area contributed by atoms with Gasteiger partial charge < -0.3 is 10.0 Å². The molecule has 1 aromatic heterocycles. The molecule has 2 amide bonds. The smallest absolute Gasteiger partial charge is 0.323 e. The highest BCUT2D eigenvalue weighted by Crippen LogP contribution is 2.34. The number of nitrogens with one attached hydrogen (secondary N) is 1. The molecule has 118 valence electrons. The summed E-state index contributed by atoms with van der Waals surface area (Å²) in [6, 6.07) is -0.0740. The molecular formula is C15H25N3O2S. The summed E-state index contributed by atoms with van der Waals surface area (Å²) in [4.78, 5) is 19.5. The van der Waals surface area contributed by atoms with Crippen LogP contribution in [0.25, 0.3) is 0 Å². The molecule has 0 saturated carbocycles. The number of amides is 2. The van der Waals surface area contributed by atoms with Crippen LogP contribution in [0.5, 0.6) is 0 Å². The van der Waals surface area contributed by atoms with E-state index in [-0.39, 0.29) is 18.1 Å². The molecule has 0 aromatic carbocycles. The van der Waals surface area contributed by atoms with Gasteiger partial charge >= 0.3 is 6.03 Å². The van der Waals surface area contributed by atoms with Crippen LogP contribution >= 0.6 is 11.3 Å². The van der Waals surface area contributed by atoms with E-state index < -0.39 is 0 Å². The second-order valence-corrected chi connectivity index (χ2v) is 6.93. The van der Waals surface area contributed by atoms with Crippen LogP contribution in [0.2, 0.25) is 0 Å². The summed E-state index contributed by atoms with van der Waals surface area (Å²) in [6.45, 7) is 5.86. The van der Waals surface area contributed by atoms with Crippen molar-refractivity contribution in [2.75, 3.05) is 25.0 Å². The Balaban J connectivity index is 1.87. The van der Waals surface area contributed by atoms with Gasteiger partial charge in [0.15, 0.2) is 5.13 Å². The third-order valence-corrected chi connectivity index (χ3v) is 5.43. The van der Waals surface area contributed by atoms with Gasteiger partial charge in [-0.2, -0.15) is 0 Å². The topological polar surface area (TPSA) is 65.5 Å². The zero-order valence-corrected chi connectivity index (χ0v) is 13.7. The standard InChI is InChI=1S/C15H25N3O2S/c1-3-5-12-10-16-13(21-12)17-14(20)18-8-6-15(4-2,11-19)7-9-18/h10,19H,3-9,11H2,1-2H3,(H,16,17,20). The molecule has 6 heteroatoms. The first-order valence-corrected chi connectivity index (χ1v) is 8.55. The fourth-order valence-corrected chi connectivity index (χ4v) is 3.61. The maximum atomic E-state index is 12.2. The number of likely N-dealkylation sites (tertiary alicyclic amines) is 1. The largest absolute Gasteiger partial charge is 0.396 e. The van der Waals surface area contributed by atoms with Crippen LogP contribution in [-0.4, -0.2) is 40.7 Å². The number of piperidine rings is 1. The summed E-state index contributed by atoms with van der Waals surface area (Å²) in [7, 11) is 0. The normalized spacial score (nSPS) is 17.8. The molecule has 1 saturated heterocycles. The highest BCUT2D eigenvalue weighted by molar-refractivity contribution is 7.15. The van der Waals surface area contributed by atoms with Crippen molar-refractivity contribution in [1.82, 2.24) is 9.88 Å². The average molecular weight is 311 g/mol. The van der Waals surface area contributed by atoms with E-state index >= 15 is 0 Å². The Bertz CT molecular complexity index is 461. The van der Waals surface area contributed by atoms with Gasteiger partial charge in [-0.15, -0.1) is 11.3 Å². The Hall–Kier alpha value is -1.14. The van der Waals surface area contributed by atoms with E-state index in [1.165, 1.54) is 4.88 Å². The Morgan fingerprint density at radius 1 is 1.48 bits per heavy atom. The molecule has 0 bridgehead atoms. The van der Waals surface area contributed by atoms with E-state index in [1.807, 2.05) is 11.1 Å². The SMILES string of the molecule is CCCc1cnc(NC(=O)N2CCC(CC)(CO)CC2)s1. The van der Waals surface area contributed by atoms with Crippen molar-refractivity contribution in [2.24, 2.45) is 5.41 Å². The van der Waals surface area contributed by atoms with Crippen molar-refractivity contribution >= 4 is 22.5 Å². The molecule has 2 rings (SSSR count). The van der Waals surface area contributed by atoms with Gasteiger partial charge in [-0.05, 0) is 31.1 Å². The number of hydrogen-bond donors (Lipinski definition) is 2. The van der Waals surface area contributed by atoms with Gasteiger partial charge in [0.2, 0.25) is 0 Å². The molecule has 1 aliphatic heterocycles. The van der Waals surface area contributed by atoms with Crippen molar-refractivity contribution in [3.63, 3.8) is 0 Å². The van der Waals surface area contributed by atoms with Gasteiger partial charge in [0.25, 0.3) is 0 Å². The van der Waals surface area contributed by atoms with Crippen LogP contribution in [0.15, 0.2) is 6.20 Å². The Labute approximate surface area is 130 Å². The first-order chi connectivity index (χ1) is 10.1. The Kier molecular flexibility index (Phi) is 5.58. The lowest BCUT2D eigenvalue weighted by Crippen LogP contribution is -2.46. The molecule has 2 heterocycles. The van der Waals surface area contributed by atoms with Crippen molar-refractivity contribution in [3.8, 4) is 0 Å². The maximum absolute atomic E-state index is 12.2. The molecule has 21 heavy (non-hydrogen) atoms. The molecule has 0 unspecified atom stereocenters.